The summed E-state index contributed by atoms with van der Waals surface area (Å²) in [5.41, 5.74) is 0.340. The van der Waals surface area contributed by atoms with Crippen LogP contribution in [0, 0.1) is 0 Å². The van der Waals surface area contributed by atoms with Gasteiger partial charge in [-0.2, -0.15) is 0 Å². The van der Waals surface area contributed by atoms with Gasteiger partial charge in [-0.15, -0.1) is 0 Å². The number of benzene rings is 1. The number of para-hydroxylation sites is 1. The Kier molecular flexibility index (Phi) is 9.26. The van der Waals surface area contributed by atoms with Gasteiger partial charge in [0, 0.05) is 13.1 Å². The number of carbonyl (C=O) groups excluding carboxylic acids is 2. The molecule has 16 heteroatoms. The topological polar surface area (TPSA) is 210 Å². The Morgan fingerprint density at radius 1 is 1.05 bits per heavy atom. The molecular weight excluding hydrogens is 544 g/mol. The van der Waals surface area contributed by atoms with E-state index in [1.54, 1.807) is 19.1 Å². The third kappa shape index (κ3) is 6.20. The fourth-order valence-corrected chi connectivity index (χ4v) is 5.47. The first kappa shape index (κ1) is 29.3. The van der Waals surface area contributed by atoms with Gasteiger partial charge >= 0.3 is 6.03 Å². The number of urea groups is 1. The summed E-state index contributed by atoms with van der Waals surface area (Å²) >= 11 is 0. The molecule has 40 heavy (non-hydrogen) atoms. The van der Waals surface area contributed by atoms with E-state index in [4.69, 9.17) is 4.74 Å². The number of hydrogen-bond donors (Lipinski definition) is 6. The van der Waals surface area contributed by atoms with Crippen LogP contribution in [-0.4, -0.2) is 81.5 Å². The van der Waals surface area contributed by atoms with Crippen molar-refractivity contribution < 1.29 is 33.0 Å². The minimum atomic E-state index is -3.88. The third-order valence-corrected chi connectivity index (χ3v) is 7.73. The maximum atomic E-state index is 12.9. The van der Waals surface area contributed by atoms with Gasteiger partial charge in [-0.05, 0) is 25.5 Å². The lowest BCUT2D eigenvalue weighted by atomic mass is 10.1. The van der Waals surface area contributed by atoms with Crippen LogP contribution in [0.2, 0.25) is 0 Å². The van der Waals surface area contributed by atoms with Crippen molar-refractivity contribution >= 4 is 44.6 Å². The number of aromatic nitrogens is 4. The number of nitrogens with zero attached hydrogens (tertiary/aromatic N) is 4. The van der Waals surface area contributed by atoms with Crippen LogP contribution in [0.1, 0.15) is 39.3 Å². The maximum absolute atomic E-state index is 12.9. The van der Waals surface area contributed by atoms with E-state index in [0.717, 1.165) is 19.2 Å². The van der Waals surface area contributed by atoms with Crippen molar-refractivity contribution in [2.45, 2.75) is 62.5 Å². The largest absolute Gasteiger partial charge is 0.387 e. The molecule has 1 aliphatic heterocycles. The first-order chi connectivity index (χ1) is 19.2. The molecule has 0 bridgehead atoms. The third-order valence-electron chi connectivity index (χ3n) is 6.21. The van der Waals surface area contributed by atoms with Gasteiger partial charge in [0.1, 0.15) is 23.4 Å². The summed E-state index contributed by atoms with van der Waals surface area (Å²) in [5.74, 6) is -0.583. The molecule has 15 nitrogen and oxygen atoms in total. The predicted octanol–water partition coefficient (Wildman–Crippen LogP) is 0.694. The highest BCUT2D eigenvalue weighted by molar-refractivity contribution is 7.89. The molecule has 0 aliphatic carbocycles. The number of amides is 3. The molecule has 1 aliphatic rings. The normalized spacial score (nSPS) is 20.9. The number of carbonyl (C=O) groups is 2. The molecule has 2 aromatic heterocycles. The highest BCUT2D eigenvalue weighted by Crippen LogP contribution is 2.32. The number of aliphatic hydroxyl groups is 2. The summed E-state index contributed by atoms with van der Waals surface area (Å²) in [4.78, 5) is 37.4. The van der Waals surface area contributed by atoms with Crippen molar-refractivity contribution in [3.63, 3.8) is 0 Å². The molecular formula is C24H32N8O7S. The Labute approximate surface area is 230 Å². The first-order valence-electron chi connectivity index (χ1n) is 12.8. The van der Waals surface area contributed by atoms with E-state index in [9.17, 15) is 28.2 Å². The van der Waals surface area contributed by atoms with Crippen LogP contribution in [0.5, 0.6) is 0 Å². The van der Waals surface area contributed by atoms with Crippen LogP contribution in [0.4, 0.5) is 16.3 Å². The Bertz CT molecular complexity index is 1460. The standard InChI is InChI=1S/C24H32N8O7S/c1-3-5-8-11-29-40(37,38)15-10-7-6-9-14(15)30-24(36)31-20-16-21(27-12-26-20)32(13-28-16)23-18(34)17(33)19(39-23)22(35)25-4-2/h6-7,9-10,12-13,17-19,23,29,33-34H,3-5,8,11H2,1-2H3,(H,25,35)(H2,26,27,30,31,36)/t17?,18?,19-,23+/m0/s1. The number of anilines is 2. The van der Waals surface area contributed by atoms with Gasteiger partial charge in [-0.1, -0.05) is 31.9 Å². The Hall–Kier alpha value is -3.70. The van der Waals surface area contributed by atoms with E-state index in [-0.39, 0.29) is 34.1 Å². The molecule has 3 amide bonds. The molecule has 0 radical (unpaired) electrons. The van der Waals surface area contributed by atoms with Gasteiger partial charge in [-0.3, -0.25) is 14.7 Å². The highest BCUT2D eigenvalue weighted by Gasteiger charge is 2.47. The van der Waals surface area contributed by atoms with E-state index in [1.165, 1.54) is 23.0 Å². The lowest BCUT2D eigenvalue weighted by molar-refractivity contribution is -0.137. The van der Waals surface area contributed by atoms with Gasteiger partial charge in [-0.25, -0.2) is 32.9 Å². The summed E-state index contributed by atoms with van der Waals surface area (Å²) < 4.78 is 35.1. The number of nitrogens with one attached hydrogen (secondary N) is 4. The van der Waals surface area contributed by atoms with Crippen LogP contribution in [0.25, 0.3) is 11.2 Å². The van der Waals surface area contributed by atoms with Gasteiger partial charge in [0.2, 0.25) is 10.0 Å². The fraction of sp³-hybridized carbons (Fsp3) is 0.458. The van der Waals surface area contributed by atoms with E-state index < -0.39 is 46.5 Å². The Balaban J connectivity index is 1.51. The SMILES string of the molecule is CCCCCNS(=O)(=O)c1ccccc1NC(=O)Nc1ncnc2c1ncn2[C@@H]1O[C@H](C(=O)NCC)C(O)C1O. The molecule has 2 unspecified atom stereocenters. The molecule has 3 aromatic rings. The number of ether oxygens (including phenoxy) is 1. The van der Waals surface area contributed by atoms with Crippen molar-refractivity contribution in [1.29, 1.82) is 0 Å². The monoisotopic (exact) mass is 576 g/mol. The minimum Gasteiger partial charge on any atom is -0.387 e. The molecule has 0 spiro atoms. The smallest absolute Gasteiger partial charge is 0.324 e. The molecule has 1 saturated heterocycles. The summed E-state index contributed by atoms with van der Waals surface area (Å²) in [6, 6.07) is 5.20. The summed E-state index contributed by atoms with van der Waals surface area (Å²) in [6.45, 7) is 4.32. The van der Waals surface area contributed by atoms with Gasteiger partial charge in [0.25, 0.3) is 5.91 Å². The number of imidazole rings is 1. The van der Waals surface area contributed by atoms with Crippen LogP contribution >= 0.6 is 0 Å². The zero-order chi connectivity index (χ0) is 28.9. The van der Waals surface area contributed by atoms with Crippen molar-refractivity contribution in [2.24, 2.45) is 0 Å². The summed E-state index contributed by atoms with van der Waals surface area (Å²) in [6.07, 6.45) is -0.507. The number of fused-ring (bicyclic) bond motifs is 1. The molecule has 1 fully saturated rings. The molecule has 3 heterocycles. The first-order valence-corrected chi connectivity index (χ1v) is 14.3. The second-order valence-corrected chi connectivity index (χ2v) is 10.8. The minimum absolute atomic E-state index is 0.00686. The predicted molar refractivity (Wildman–Crippen MR) is 144 cm³/mol. The van der Waals surface area contributed by atoms with Crippen molar-refractivity contribution in [3.05, 3.63) is 36.9 Å². The summed E-state index contributed by atoms with van der Waals surface area (Å²) in [5, 5.41) is 28.5. The van der Waals surface area contributed by atoms with Crippen molar-refractivity contribution in [3.8, 4) is 0 Å². The average molecular weight is 577 g/mol. The van der Waals surface area contributed by atoms with Crippen molar-refractivity contribution in [1.82, 2.24) is 29.6 Å². The van der Waals surface area contributed by atoms with Crippen molar-refractivity contribution in [2.75, 3.05) is 23.7 Å². The molecule has 1 aromatic carbocycles. The molecule has 4 atom stereocenters. The van der Waals surface area contributed by atoms with Crippen LogP contribution in [0.15, 0.2) is 41.8 Å². The lowest BCUT2D eigenvalue weighted by Crippen LogP contribution is -2.42. The number of sulfonamides is 1. The van der Waals surface area contributed by atoms with Gasteiger partial charge in [0.15, 0.2) is 29.3 Å². The second-order valence-electron chi connectivity index (χ2n) is 9.05. The summed E-state index contributed by atoms with van der Waals surface area (Å²) in [7, 11) is -3.88. The zero-order valence-electron chi connectivity index (χ0n) is 21.9. The molecule has 0 saturated carbocycles. The van der Waals surface area contributed by atoms with Crippen LogP contribution < -0.4 is 20.7 Å². The molecule has 4 rings (SSSR count). The van der Waals surface area contributed by atoms with Crippen LogP contribution in [-0.2, 0) is 19.6 Å². The van der Waals surface area contributed by atoms with E-state index in [1.807, 2.05) is 6.92 Å². The van der Waals surface area contributed by atoms with Gasteiger partial charge < -0.3 is 25.6 Å². The lowest BCUT2D eigenvalue weighted by Gasteiger charge is -2.16. The highest BCUT2D eigenvalue weighted by atomic mass is 32.2. The van der Waals surface area contributed by atoms with E-state index >= 15 is 0 Å². The van der Waals surface area contributed by atoms with Gasteiger partial charge in [0.05, 0.1) is 12.0 Å². The quantitative estimate of drug-likeness (QED) is 0.176. The molecule has 216 valence electrons. The zero-order valence-corrected chi connectivity index (χ0v) is 22.8. The average Bonchev–Trinajstić information content (AvgIpc) is 3.48. The second kappa shape index (κ2) is 12.6. The number of aliphatic hydroxyl groups excluding tert-OH is 2. The number of likely N-dealkylation sites (N-methyl/N-ethyl adjacent to an activating group) is 1. The number of hydrogen-bond acceptors (Lipinski definition) is 10. The van der Waals surface area contributed by atoms with Crippen LogP contribution in [0.3, 0.4) is 0 Å². The van der Waals surface area contributed by atoms with E-state index in [0.29, 0.717) is 13.0 Å². The Morgan fingerprint density at radius 3 is 2.58 bits per heavy atom. The number of unbranched alkanes of at least 4 members (excludes halogenated alkanes) is 2. The molecule has 6 N–H and O–H groups in total. The maximum Gasteiger partial charge on any atom is 0.324 e. The number of rotatable bonds is 11. The fourth-order valence-electron chi connectivity index (χ4n) is 4.24. The van der Waals surface area contributed by atoms with E-state index in [2.05, 4.69) is 35.6 Å². The Morgan fingerprint density at radius 2 is 1.82 bits per heavy atom.